The van der Waals surface area contributed by atoms with E-state index in [1.54, 1.807) is 48.5 Å². The van der Waals surface area contributed by atoms with Crippen molar-refractivity contribution in [2.45, 2.75) is 31.9 Å². The number of nitrogens with two attached hydrogens (primary N) is 1. The van der Waals surface area contributed by atoms with Crippen LogP contribution in [0.3, 0.4) is 0 Å². The predicted molar refractivity (Wildman–Crippen MR) is 129 cm³/mol. The lowest BCUT2D eigenvalue weighted by Crippen LogP contribution is -2.36. The van der Waals surface area contributed by atoms with Crippen LogP contribution in [-0.2, 0) is 0 Å². The number of amides is 1. The van der Waals surface area contributed by atoms with Gasteiger partial charge in [0, 0.05) is 24.3 Å². The van der Waals surface area contributed by atoms with Crippen LogP contribution in [0.1, 0.15) is 56.9 Å². The summed E-state index contributed by atoms with van der Waals surface area (Å²) in [5, 5.41) is 3.79. The first-order valence-corrected chi connectivity index (χ1v) is 10.3. The van der Waals surface area contributed by atoms with Gasteiger partial charge in [-0.15, -0.1) is 0 Å². The molecule has 3 rings (SSSR count). The molecule has 1 amide bonds. The van der Waals surface area contributed by atoms with E-state index >= 15 is 0 Å². The molecule has 3 aromatic carbocycles. The highest BCUT2D eigenvalue weighted by Gasteiger charge is 2.26. The average Bonchev–Trinajstić information content (AvgIpc) is 2.86. The van der Waals surface area contributed by atoms with Gasteiger partial charge >= 0.3 is 0 Å². The molecule has 0 aliphatic carbocycles. The third-order valence-electron chi connectivity index (χ3n) is 4.78. The minimum absolute atomic E-state index is 0.145. The van der Waals surface area contributed by atoms with Crippen molar-refractivity contribution in [2.75, 3.05) is 7.11 Å². The summed E-state index contributed by atoms with van der Waals surface area (Å²) >= 11 is 12.1. The maximum atomic E-state index is 13.6. The van der Waals surface area contributed by atoms with Crippen molar-refractivity contribution in [3.8, 4) is 11.5 Å². The van der Waals surface area contributed by atoms with Crippen molar-refractivity contribution in [3.05, 3.63) is 93.5 Å². The van der Waals surface area contributed by atoms with Gasteiger partial charge in [-0.1, -0.05) is 47.5 Å². The maximum absolute atomic E-state index is 13.6. The van der Waals surface area contributed by atoms with Crippen molar-refractivity contribution >= 4 is 29.1 Å². The molecule has 0 spiro atoms. The number of ether oxygens (including phenoxy) is 2. The molecule has 0 heterocycles. The fraction of sp³-hybridized carbons (Fsp3) is 0.240. The second kappa shape index (κ2) is 10.7. The summed E-state index contributed by atoms with van der Waals surface area (Å²) in [5.74, 6) is -1.09. The second-order valence-corrected chi connectivity index (χ2v) is 7.75. The van der Waals surface area contributed by atoms with E-state index in [0.717, 1.165) is 6.07 Å². The lowest BCUT2D eigenvalue weighted by atomic mass is 9.93. The van der Waals surface area contributed by atoms with E-state index in [1.807, 2.05) is 0 Å². The molecule has 3 aromatic rings. The maximum Gasteiger partial charge on any atom is 0.255 e. The Kier molecular flexibility index (Phi) is 5.35. The number of carbonyl (C=O) groups excluding carboxylic acids is 1. The summed E-state index contributed by atoms with van der Waals surface area (Å²) in [4.78, 5) is 13.6. The molecule has 0 saturated heterocycles. The number of hydrogen-bond acceptors (Lipinski definition) is 4. The first-order chi connectivity index (χ1) is 18.1. The Hall–Kier alpha value is -2.73. The molecule has 0 saturated carbocycles. The van der Waals surface area contributed by atoms with Crippen LogP contribution in [0.2, 0.25) is 10.0 Å². The van der Waals surface area contributed by atoms with Gasteiger partial charge in [-0.2, -0.15) is 0 Å². The minimum Gasteiger partial charge on any atom is -0.497 e. The third-order valence-corrected chi connectivity index (χ3v) is 5.28. The minimum atomic E-state index is -3.39. The van der Waals surface area contributed by atoms with Crippen LogP contribution in [0.25, 0.3) is 0 Å². The molecular weight excluding hydrogens is 447 g/mol. The Morgan fingerprint density at radius 1 is 1.00 bits per heavy atom. The van der Waals surface area contributed by atoms with Crippen LogP contribution < -0.4 is 20.5 Å². The van der Waals surface area contributed by atoms with Crippen molar-refractivity contribution < 1.29 is 23.9 Å². The largest absolute Gasteiger partial charge is 0.497 e. The number of carbonyl (C=O) groups is 1. The van der Waals surface area contributed by atoms with Gasteiger partial charge in [0.2, 0.25) is 0 Å². The first-order valence-electron chi connectivity index (χ1n) is 13.0. The van der Waals surface area contributed by atoms with Crippen molar-refractivity contribution in [1.82, 2.24) is 5.32 Å². The van der Waals surface area contributed by atoms with Crippen LogP contribution in [-0.4, -0.2) is 19.1 Å². The fourth-order valence-electron chi connectivity index (χ4n) is 3.16. The zero-order valence-corrected chi connectivity index (χ0v) is 18.6. The molecule has 2 unspecified atom stereocenters. The third kappa shape index (κ3) is 5.94. The molecule has 0 bridgehead atoms. The number of nitrogens with one attached hydrogen (secondary N) is 1. The van der Waals surface area contributed by atoms with E-state index in [9.17, 15) is 4.79 Å². The van der Waals surface area contributed by atoms with Gasteiger partial charge < -0.3 is 20.5 Å². The highest BCUT2D eigenvalue weighted by Crippen LogP contribution is 2.31. The number of rotatable bonds is 8. The molecule has 3 N–H and O–H groups in total. The number of methoxy groups -OCH3 is 1. The highest BCUT2D eigenvalue weighted by molar-refractivity contribution is 6.30. The van der Waals surface area contributed by atoms with E-state index < -0.39 is 43.5 Å². The molecule has 0 aromatic heterocycles. The Labute approximate surface area is 208 Å². The second-order valence-electron chi connectivity index (χ2n) is 6.87. The van der Waals surface area contributed by atoms with E-state index in [2.05, 4.69) is 5.32 Å². The van der Waals surface area contributed by atoms with Crippen molar-refractivity contribution in [2.24, 2.45) is 5.73 Å². The Morgan fingerprint density at radius 3 is 2.16 bits per heavy atom. The number of halogens is 2. The molecular formula is C25H26Cl2N2O3. The van der Waals surface area contributed by atoms with Gasteiger partial charge in [0.25, 0.3) is 5.91 Å². The van der Waals surface area contributed by atoms with Gasteiger partial charge in [-0.05, 0) is 61.2 Å². The van der Waals surface area contributed by atoms with Crippen LogP contribution in [0.5, 0.6) is 11.5 Å². The van der Waals surface area contributed by atoms with E-state index in [-0.39, 0.29) is 11.3 Å². The van der Waals surface area contributed by atoms with E-state index in [4.69, 9.17) is 48.0 Å². The van der Waals surface area contributed by atoms with Crippen molar-refractivity contribution in [1.29, 1.82) is 0 Å². The van der Waals surface area contributed by atoms with Crippen LogP contribution in [0, 0.1) is 0 Å². The normalized spacial score (nSPS) is 17.2. The summed E-state index contributed by atoms with van der Waals surface area (Å²) in [5.41, 5.74) is 7.59. The average molecular weight is 480 g/mol. The quantitative estimate of drug-likeness (QED) is 0.417. The van der Waals surface area contributed by atoms with E-state index in [1.165, 1.54) is 19.2 Å². The molecule has 0 fully saturated rings. The van der Waals surface area contributed by atoms with Gasteiger partial charge in [-0.3, -0.25) is 4.79 Å². The lowest BCUT2D eigenvalue weighted by molar-refractivity contribution is 0.0924. The lowest BCUT2D eigenvalue weighted by Gasteiger charge is -2.27. The van der Waals surface area contributed by atoms with Gasteiger partial charge in [-0.25, -0.2) is 0 Å². The number of benzene rings is 3. The molecule has 168 valence electrons. The Morgan fingerprint density at radius 2 is 1.59 bits per heavy atom. The summed E-state index contributed by atoms with van der Waals surface area (Å²) in [6.45, 7) is -6.78. The summed E-state index contributed by atoms with van der Waals surface area (Å²) in [6, 6.07) is 15.6. The topological polar surface area (TPSA) is 73.6 Å². The molecule has 2 atom stereocenters. The summed E-state index contributed by atoms with van der Waals surface area (Å²) in [6.07, 6.45) is -3.38. The van der Waals surface area contributed by atoms with Crippen LogP contribution in [0.15, 0.2) is 66.7 Å². The molecule has 7 heteroatoms. The standard InChI is InChI=1S/C25H26Cl2N2O3/c1-15(2)32-22-14-20(31-3)12-13-21(22)25(30)29-24(17-6-10-19(27)11-7-17)23(28)16-4-8-18(26)9-5-16/h4-15,23-24H,28H2,1-3H3,(H,29,30)/i1D3,2D3,15D. The predicted octanol–water partition coefficient (Wildman–Crippen LogP) is 5.96. The molecule has 0 radical (unpaired) electrons. The van der Waals surface area contributed by atoms with Crippen LogP contribution >= 0.6 is 23.2 Å². The highest BCUT2D eigenvalue weighted by atomic mass is 35.5. The van der Waals surface area contributed by atoms with Crippen LogP contribution in [0.4, 0.5) is 0 Å². The van der Waals surface area contributed by atoms with Gasteiger partial charge in [0.15, 0.2) is 0 Å². The zero-order chi connectivity index (χ0) is 29.2. The van der Waals surface area contributed by atoms with Crippen molar-refractivity contribution in [3.63, 3.8) is 0 Å². The van der Waals surface area contributed by atoms with Gasteiger partial charge in [0.1, 0.15) is 11.5 Å². The van der Waals surface area contributed by atoms with Gasteiger partial charge in [0.05, 0.1) is 32.2 Å². The SMILES string of the molecule is [2H]C([2H])([2H])C([2H])(Oc1cc(OC)ccc1C(=O)NC(c1ccc(Cl)cc1)C(N)c1ccc(Cl)cc1)C([2H])([2H])[2H]. The first kappa shape index (κ1) is 16.0. The Bertz CT molecular complexity index is 1290. The fourth-order valence-corrected chi connectivity index (χ4v) is 3.41. The molecule has 32 heavy (non-hydrogen) atoms. The summed E-state index contributed by atoms with van der Waals surface area (Å²) < 4.78 is 64.7. The Balaban J connectivity index is 2.06. The molecule has 5 nitrogen and oxygen atoms in total. The smallest absolute Gasteiger partial charge is 0.255 e. The van der Waals surface area contributed by atoms with E-state index in [0.29, 0.717) is 21.2 Å². The molecule has 0 aliphatic rings. The summed E-state index contributed by atoms with van der Waals surface area (Å²) in [7, 11) is 1.32. The monoisotopic (exact) mass is 479 g/mol. The molecule has 0 aliphatic heterocycles. The number of hydrogen-bond donors (Lipinski definition) is 2. The zero-order valence-electron chi connectivity index (χ0n) is 24.1.